The zero-order chi connectivity index (χ0) is 77.3. The molecule has 0 aliphatic rings. The number of esters is 1. The highest BCUT2D eigenvalue weighted by Gasteiger charge is 2.18. The Balaban J connectivity index is 0.000000200. The van der Waals surface area contributed by atoms with Crippen LogP contribution in [0.1, 0.15) is 124 Å². The number of nitrogen functional groups attached to an aromatic ring is 1. The van der Waals surface area contributed by atoms with E-state index < -0.39 is 22.9 Å². The lowest BCUT2D eigenvalue weighted by atomic mass is 9.80. The van der Waals surface area contributed by atoms with Crippen LogP contribution < -0.4 is 11.2 Å². The molecule has 0 bridgehead atoms. The number of carbonyl (C=O) groups excluding carboxylic acids is 2. The van der Waals surface area contributed by atoms with Gasteiger partial charge >= 0.3 is 30.4 Å². The van der Waals surface area contributed by atoms with E-state index >= 15 is 0 Å². The molecule has 0 saturated carbocycles. The highest BCUT2D eigenvalue weighted by molar-refractivity contribution is 9.10. The first-order valence-corrected chi connectivity index (χ1v) is 33.6. The largest absolute Gasteiger partial charge is 0.488 e. The highest BCUT2D eigenvalue weighted by atomic mass is 79.9. The van der Waals surface area contributed by atoms with E-state index in [1.54, 1.807) is 74.5 Å². The second-order valence-corrected chi connectivity index (χ2v) is 25.0. The third kappa shape index (κ3) is 24.5. The molecule has 0 atom stereocenters. The van der Waals surface area contributed by atoms with Crippen LogP contribution in [0.5, 0.6) is 0 Å². The summed E-state index contributed by atoms with van der Waals surface area (Å²) in [5.74, 6) is -1.24. The zero-order valence-electron chi connectivity index (χ0n) is 60.4. The summed E-state index contributed by atoms with van der Waals surface area (Å²) in [5, 5.41) is 70.8. The van der Waals surface area contributed by atoms with Gasteiger partial charge in [0.15, 0.2) is 5.78 Å². The average Bonchev–Trinajstić information content (AvgIpc) is 1.72. The quantitative estimate of drug-likeness (QED) is 0.0222. The first kappa shape index (κ1) is 83.2. The van der Waals surface area contributed by atoms with Gasteiger partial charge in [0.2, 0.25) is 0 Å². The molecule has 0 aliphatic heterocycles. The van der Waals surface area contributed by atoms with Gasteiger partial charge in [-0.15, -0.1) is 0 Å². The number of benzene rings is 5. The minimum Gasteiger partial charge on any atom is -0.478 e. The number of rotatable bonds is 14. The van der Waals surface area contributed by atoms with Gasteiger partial charge in [0.05, 0.1) is 84.3 Å². The van der Waals surface area contributed by atoms with Gasteiger partial charge in [0.1, 0.15) is 23.8 Å². The first-order valence-electron chi connectivity index (χ1n) is 32.8. The molecule has 0 radical (unpaired) electrons. The number of nitrogens with two attached hydrogens (primary N) is 1. The fourth-order valence-corrected chi connectivity index (χ4v) is 10.2. The Morgan fingerprint density at radius 3 is 1.20 bits per heavy atom. The number of ketones is 1. The Bertz CT molecular complexity index is 4930. The number of aromatic nitrogens is 13. The fraction of sp³-hybridized carbons (Fsp3) is 0.192. The Morgan fingerprint density at radius 2 is 0.860 bits per heavy atom. The number of aryl methyl sites for hydroxylation is 10. The molecule has 13 aromatic rings. The smallest absolute Gasteiger partial charge is 0.478 e. The van der Waals surface area contributed by atoms with Crippen LogP contribution in [0.25, 0.3) is 22.7 Å². The summed E-state index contributed by atoms with van der Waals surface area (Å²) in [6.07, 6.45) is 19.2. The molecule has 107 heavy (non-hydrogen) atoms. The Labute approximate surface area is 628 Å². The number of carbonyl (C=O) groups is 3. The molecule has 0 amide bonds. The first-order chi connectivity index (χ1) is 50.5. The van der Waals surface area contributed by atoms with Crippen molar-refractivity contribution in [3.63, 3.8) is 0 Å². The number of carboxylic acids is 1. The number of hydrogen-bond donors (Lipinski definition) is 5. The maximum absolute atomic E-state index is 11.8. The maximum atomic E-state index is 11.8. The van der Waals surface area contributed by atoms with Crippen LogP contribution in [0.4, 0.5) is 17.1 Å². The van der Waals surface area contributed by atoms with E-state index in [1.807, 2.05) is 142 Å². The maximum Gasteiger partial charge on any atom is 0.488 e. The van der Waals surface area contributed by atoms with Crippen LogP contribution in [-0.4, -0.2) is 121 Å². The minimum absolute atomic E-state index is 0. The van der Waals surface area contributed by atoms with Gasteiger partial charge in [-0.1, -0.05) is 108 Å². The number of anilines is 1. The van der Waals surface area contributed by atoms with Crippen molar-refractivity contribution >= 4 is 63.3 Å². The number of hydrogen-bond acceptors (Lipinski definition) is 19. The molecule has 0 aliphatic carbocycles. The van der Waals surface area contributed by atoms with Gasteiger partial charge in [-0.25, -0.2) is 28.3 Å². The van der Waals surface area contributed by atoms with E-state index in [-0.39, 0.29) is 36.1 Å². The molecule has 0 fully saturated rings. The van der Waals surface area contributed by atoms with E-state index in [0.717, 1.165) is 78.9 Å². The molecule has 5 aromatic carbocycles. The summed E-state index contributed by atoms with van der Waals surface area (Å²) in [7, 11) is -0.00420. The van der Waals surface area contributed by atoms with Crippen LogP contribution in [0.15, 0.2) is 212 Å². The molecule has 8 aromatic heterocycles. The van der Waals surface area contributed by atoms with Crippen molar-refractivity contribution in [1.82, 2.24) is 64.3 Å². The number of methoxy groups -OCH3 is 1. The van der Waals surface area contributed by atoms with Crippen LogP contribution in [0, 0.1) is 89.5 Å². The number of aromatic amines is 1. The number of nitrogens with one attached hydrogen (secondary N) is 1. The Hall–Kier alpha value is -12.7. The topological polar surface area (TPSA) is 372 Å². The molecule has 27 nitrogen and oxygen atoms in total. The highest BCUT2D eigenvalue weighted by Crippen LogP contribution is 2.23. The predicted octanol–water partition coefficient (Wildman–Crippen LogP) is 13.9. The number of nitrogens with zero attached hydrogens (tertiary/aromatic N) is 14. The van der Waals surface area contributed by atoms with Crippen LogP contribution >= 0.6 is 15.9 Å². The lowest BCUT2D eigenvalue weighted by Crippen LogP contribution is -2.29. The number of nitro groups is 2. The van der Waals surface area contributed by atoms with Gasteiger partial charge in [-0.3, -0.25) is 45.1 Å². The SMILES string of the molecule is C.CC(=O)c1ccncc1Cc1cn(-c2ccc(C)cc2)nc1C.COC(=O)c1ccncc1Br.Cc1[nH]ncc1[N+](=O)[O-].Cc1ccc(-n2cc(Cc3cnccc3C(=O)O)c(C)n2)cc1.Cc1ccc(-n2cc(N)c(C)n2)cc1.Cc1ccc(-n2cc([N+](=O)[O-])c(C)n2)cc1.Cc1ccc(B(O)O)cc1. The second-order valence-electron chi connectivity index (χ2n) is 24.2. The van der Waals surface area contributed by atoms with Crippen molar-refractivity contribution < 1.29 is 44.1 Å². The second kappa shape index (κ2) is 39.8. The van der Waals surface area contributed by atoms with Gasteiger partial charge < -0.3 is 25.6 Å². The summed E-state index contributed by atoms with van der Waals surface area (Å²) in [6, 6.07) is 44.1. The van der Waals surface area contributed by atoms with Crippen molar-refractivity contribution in [2.75, 3.05) is 12.8 Å². The number of pyridine rings is 3. The molecular weight excluding hydrogens is 1430 g/mol. The van der Waals surface area contributed by atoms with Crippen LogP contribution in [-0.2, 0) is 17.6 Å². The Morgan fingerprint density at radius 1 is 0.495 bits per heavy atom. The third-order valence-electron chi connectivity index (χ3n) is 15.9. The normalized spacial score (nSPS) is 10.2. The van der Waals surface area contributed by atoms with Gasteiger partial charge in [-0.05, 0) is 187 Å². The van der Waals surface area contributed by atoms with Gasteiger partial charge in [-0.2, -0.15) is 25.5 Å². The summed E-state index contributed by atoms with van der Waals surface area (Å²) in [4.78, 5) is 65.8. The molecule has 6 N–H and O–H groups in total. The van der Waals surface area contributed by atoms with E-state index in [2.05, 4.69) is 116 Å². The molecule has 552 valence electrons. The lowest BCUT2D eigenvalue weighted by molar-refractivity contribution is -0.385. The van der Waals surface area contributed by atoms with E-state index in [0.29, 0.717) is 45.3 Å². The van der Waals surface area contributed by atoms with Crippen LogP contribution in [0.3, 0.4) is 0 Å². The van der Waals surface area contributed by atoms with Gasteiger partial charge in [0.25, 0.3) is 0 Å². The van der Waals surface area contributed by atoms with E-state index in [4.69, 9.17) is 15.8 Å². The van der Waals surface area contributed by atoms with Crippen molar-refractivity contribution in [1.29, 1.82) is 0 Å². The molecule has 0 saturated heterocycles. The van der Waals surface area contributed by atoms with Crippen molar-refractivity contribution in [2.45, 2.75) is 96.4 Å². The Kier molecular flexibility index (Phi) is 31.0. The molecular formula is C78H84BBrN16O11. The van der Waals surface area contributed by atoms with E-state index in [9.17, 15) is 39.7 Å². The monoisotopic (exact) mass is 1510 g/mol. The molecule has 0 spiro atoms. The molecule has 8 heterocycles. The average molecular weight is 1510 g/mol. The minimum atomic E-state index is -1.35. The fourth-order valence-electron chi connectivity index (χ4n) is 9.78. The molecule has 13 rings (SSSR count). The van der Waals surface area contributed by atoms with Gasteiger partial charge in [0, 0.05) is 68.0 Å². The number of Topliss-reactive ketones (excluding diaryl/α,β-unsaturated/α-hetero) is 1. The zero-order valence-corrected chi connectivity index (χ0v) is 62.0. The predicted molar refractivity (Wildman–Crippen MR) is 415 cm³/mol. The number of aromatic carboxylic acids is 1. The number of H-pyrrole nitrogens is 1. The number of carboxylic acid groups (broad SMARTS) is 1. The van der Waals surface area contributed by atoms with Crippen molar-refractivity contribution in [2.24, 2.45) is 0 Å². The summed E-state index contributed by atoms with van der Waals surface area (Å²) < 4.78 is 12.2. The summed E-state index contributed by atoms with van der Waals surface area (Å²) in [5.41, 5.74) is 25.7. The van der Waals surface area contributed by atoms with Crippen molar-refractivity contribution in [3.05, 3.63) is 328 Å². The third-order valence-corrected chi connectivity index (χ3v) is 16.6. The van der Waals surface area contributed by atoms with E-state index in [1.165, 1.54) is 59.3 Å². The lowest BCUT2D eigenvalue weighted by Gasteiger charge is -2.05. The number of ether oxygens (including phenoxy) is 1. The number of halogens is 1. The van der Waals surface area contributed by atoms with Crippen LogP contribution in [0.2, 0.25) is 0 Å². The summed E-state index contributed by atoms with van der Waals surface area (Å²) in [6.45, 7) is 20.7. The summed E-state index contributed by atoms with van der Waals surface area (Å²) >= 11 is 3.17. The van der Waals surface area contributed by atoms with Crippen molar-refractivity contribution in [3.8, 4) is 22.7 Å². The molecule has 0 unspecified atom stereocenters. The molecule has 29 heteroatoms. The standard InChI is InChI=1S/C19H19N3O.C18H17N3O2.C11H11N3O2.C11H13N3.C7H9BO2.C7H6BrNO2.C4H5N3O2.CH4/c1-13-4-6-18(7-5-13)22-12-17(14(2)21-22)10-16-11-20-9-8-19(16)15(3)23;1-12-3-5-16(6-4-12)21-11-15(13(2)20-21)9-14-10-19-8-7-17(14)18(22)23;1-8-3-5-10(6-4-8)13-7-11(14(15)16)9(2)12-13;1-8-3-5-10(6-4-8)14-7-11(12)9(2)13-14;1-6-2-4-7(5-3-6)8(9)10;1-11-7(10)5-2-3-9-4-6(5)8;1-3-4(7(8)9)2-5-6-3;/h4-9,11-12H,10H2,1-3H3;3-8,10-11H,9H2,1-2H3,(H,22,23);3-7H,1-2H3;3-7H,12H2,1-2H3;2-5,9-10H,1H3;2-4H,1H3;2H,1H3,(H,5,6);1H4.